The fraction of sp³-hybridized carbons (Fsp3) is 0.441. The topological polar surface area (TPSA) is 63.8 Å². The van der Waals surface area contributed by atoms with Crippen molar-refractivity contribution in [2.45, 2.75) is 65.5 Å². The highest BCUT2D eigenvalue weighted by Gasteiger charge is 2.26. The van der Waals surface area contributed by atoms with E-state index < -0.39 is 0 Å². The number of ether oxygens (including phenoxy) is 2. The summed E-state index contributed by atoms with van der Waals surface area (Å²) < 4.78 is 40.7. The number of anilines is 4. The van der Waals surface area contributed by atoms with Crippen LogP contribution in [0.25, 0.3) is 6.08 Å². The minimum atomic E-state index is -0.298. The van der Waals surface area contributed by atoms with Crippen LogP contribution in [-0.2, 0) is 40.2 Å². The van der Waals surface area contributed by atoms with Crippen LogP contribution in [0.15, 0.2) is 121 Å². The van der Waals surface area contributed by atoms with Gasteiger partial charge in [0.05, 0.1) is 37.8 Å². The van der Waals surface area contributed by atoms with E-state index in [4.69, 9.17) is 9.47 Å². The number of piperidine rings is 2. The van der Waals surface area contributed by atoms with Crippen molar-refractivity contribution in [3.8, 4) is 0 Å². The summed E-state index contributed by atoms with van der Waals surface area (Å²) in [5.74, 6) is 0.431. The second kappa shape index (κ2) is 26.0. The lowest BCUT2D eigenvalue weighted by atomic mass is 9.95. The predicted octanol–water partition coefficient (Wildman–Crippen LogP) is 10.7. The standard InChI is InChI=1S/C34H40FN3O2.C25H34FN3O/c1-2-27-8-10-29(11-9-27)25-36-18-16-30(17-19-36)26-38(34(39)15-12-28-6-4-3-5-7-28)31-13-14-33(32(35)24-31)37-20-22-40-23-21-37;1-2-20-3-5-22(6-4-20)19-28-11-9-21(10-12-28)18-27-23-7-8-25(24(26)17-23)29-13-15-30-16-14-29/h3-15,24,30H,2,16-23,25-26H2,1H3;3-8,17,21,27H,2,9-16,18-19H2,1H3/b15-12+;. The normalized spacial score (nSPS) is 17.6. The van der Waals surface area contributed by atoms with Crippen LogP contribution in [0.1, 0.15) is 67.3 Å². The van der Waals surface area contributed by atoms with Crippen molar-refractivity contribution in [3.63, 3.8) is 0 Å². The number of aryl methyl sites for hydroxylation is 2. The van der Waals surface area contributed by atoms with Gasteiger partial charge in [0, 0.05) is 69.8 Å². The highest BCUT2D eigenvalue weighted by Crippen LogP contribution is 2.30. The fourth-order valence-electron chi connectivity index (χ4n) is 10.0. The van der Waals surface area contributed by atoms with Gasteiger partial charge in [0.25, 0.3) is 5.91 Å². The molecule has 1 N–H and O–H groups in total. The molecule has 4 fully saturated rings. The van der Waals surface area contributed by atoms with E-state index in [2.05, 4.69) is 82.4 Å². The fourth-order valence-corrected chi connectivity index (χ4v) is 10.0. The van der Waals surface area contributed by atoms with Crippen LogP contribution in [0.2, 0.25) is 0 Å². The summed E-state index contributed by atoms with van der Waals surface area (Å²) in [6.45, 7) is 17.5. The Hall–Kier alpha value is -5.59. The number of amides is 1. The van der Waals surface area contributed by atoms with Gasteiger partial charge in [-0.1, -0.05) is 92.7 Å². The number of carbonyl (C=O) groups is 1. The summed E-state index contributed by atoms with van der Waals surface area (Å²) in [6.07, 6.45) is 9.99. The molecule has 0 bridgehead atoms. The smallest absolute Gasteiger partial charge is 0.250 e. The van der Waals surface area contributed by atoms with Gasteiger partial charge in [0.2, 0.25) is 0 Å². The van der Waals surface area contributed by atoms with Gasteiger partial charge in [-0.15, -0.1) is 0 Å². The van der Waals surface area contributed by atoms with Crippen molar-refractivity contribution >= 4 is 34.7 Å². The molecule has 372 valence electrons. The molecule has 5 aromatic rings. The third-order valence-corrected chi connectivity index (χ3v) is 14.5. The van der Waals surface area contributed by atoms with Crippen LogP contribution in [0, 0.1) is 23.5 Å². The average Bonchev–Trinajstić information content (AvgIpc) is 3.41. The monoisotopic (exact) mass is 953 g/mol. The molecule has 11 heteroatoms. The molecule has 0 spiro atoms. The molecule has 9 nitrogen and oxygen atoms in total. The maximum atomic E-state index is 15.3. The minimum Gasteiger partial charge on any atom is -0.385 e. The van der Waals surface area contributed by atoms with E-state index in [1.165, 1.54) is 41.2 Å². The highest BCUT2D eigenvalue weighted by atomic mass is 19.1. The van der Waals surface area contributed by atoms with Gasteiger partial charge >= 0.3 is 0 Å². The Labute approximate surface area is 416 Å². The molecular formula is C59H74F2N6O3. The molecule has 4 aliphatic heterocycles. The molecule has 4 heterocycles. The van der Waals surface area contributed by atoms with E-state index in [9.17, 15) is 9.18 Å². The van der Waals surface area contributed by atoms with E-state index >= 15 is 4.39 Å². The molecule has 1 amide bonds. The third kappa shape index (κ3) is 14.7. The van der Waals surface area contributed by atoms with Gasteiger partial charge in [-0.3, -0.25) is 14.6 Å². The number of benzene rings is 5. The SMILES string of the molecule is CCc1ccc(CN2CCC(CN(C(=O)/C=C/c3ccccc3)c3ccc(N4CCOCC4)c(F)c3)CC2)cc1.CCc1ccc(CN2CCC(CNc3ccc(N4CCOCC4)c(F)c3)CC2)cc1. The van der Waals surface area contributed by atoms with Crippen LogP contribution in [0.5, 0.6) is 0 Å². The Kier molecular flexibility index (Phi) is 18.9. The summed E-state index contributed by atoms with van der Waals surface area (Å²) in [5, 5.41) is 3.46. The summed E-state index contributed by atoms with van der Waals surface area (Å²) in [6, 6.07) is 38.5. The van der Waals surface area contributed by atoms with E-state index in [0.717, 1.165) is 95.8 Å². The van der Waals surface area contributed by atoms with Gasteiger partial charge in [-0.05, 0) is 147 Å². The van der Waals surface area contributed by atoms with Crippen molar-refractivity contribution in [2.24, 2.45) is 11.8 Å². The van der Waals surface area contributed by atoms with Crippen LogP contribution < -0.4 is 20.0 Å². The van der Waals surface area contributed by atoms with E-state index in [1.54, 1.807) is 17.0 Å². The number of hydrogen-bond donors (Lipinski definition) is 1. The number of hydrogen-bond acceptors (Lipinski definition) is 8. The van der Waals surface area contributed by atoms with E-state index in [-0.39, 0.29) is 17.5 Å². The number of morpholine rings is 2. The second-order valence-corrected chi connectivity index (χ2v) is 19.4. The first kappa shape index (κ1) is 50.8. The maximum Gasteiger partial charge on any atom is 0.250 e. The Morgan fingerprint density at radius 1 is 0.600 bits per heavy atom. The molecule has 4 saturated heterocycles. The second-order valence-electron chi connectivity index (χ2n) is 19.4. The molecule has 70 heavy (non-hydrogen) atoms. The lowest BCUT2D eigenvalue weighted by Crippen LogP contribution is -2.40. The van der Waals surface area contributed by atoms with Gasteiger partial charge in [-0.2, -0.15) is 0 Å². The summed E-state index contributed by atoms with van der Waals surface area (Å²) in [4.78, 5) is 24.4. The first-order valence-corrected chi connectivity index (χ1v) is 25.9. The molecular weight excluding hydrogens is 879 g/mol. The van der Waals surface area contributed by atoms with Crippen LogP contribution in [-0.4, -0.2) is 108 Å². The van der Waals surface area contributed by atoms with Crippen LogP contribution in [0.4, 0.5) is 31.5 Å². The van der Waals surface area contributed by atoms with Crippen LogP contribution >= 0.6 is 0 Å². The number of nitrogens with one attached hydrogen (secondary N) is 1. The molecule has 0 atom stereocenters. The Balaban J connectivity index is 0.000000196. The van der Waals surface area contributed by atoms with Crippen molar-refractivity contribution in [3.05, 3.63) is 161 Å². The molecule has 9 rings (SSSR count). The highest BCUT2D eigenvalue weighted by molar-refractivity contribution is 6.04. The number of halogens is 2. The lowest BCUT2D eigenvalue weighted by Gasteiger charge is -2.35. The quantitative estimate of drug-likeness (QED) is 0.0982. The van der Waals surface area contributed by atoms with Crippen LogP contribution in [0.3, 0.4) is 0 Å². The zero-order valence-corrected chi connectivity index (χ0v) is 41.6. The van der Waals surface area contributed by atoms with Crippen molar-refractivity contribution in [1.82, 2.24) is 9.80 Å². The van der Waals surface area contributed by atoms with Crippen molar-refractivity contribution in [2.75, 3.05) is 112 Å². The minimum absolute atomic E-state index is 0.124. The number of nitrogens with zero attached hydrogens (tertiary/aromatic N) is 5. The first-order chi connectivity index (χ1) is 34.3. The predicted molar refractivity (Wildman–Crippen MR) is 283 cm³/mol. The molecule has 0 aromatic heterocycles. The zero-order valence-electron chi connectivity index (χ0n) is 41.6. The van der Waals surface area contributed by atoms with E-state index in [0.29, 0.717) is 75.0 Å². The number of carbonyl (C=O) groups excluding carboxylic acids is 1. The van der Waals surface area contributed by atoms with Gasteiger partial charge in [0.15, 0.2) is 0 Å². The summed E-state index contributed by atoms with van der Waals surface area (Å²) >= 11 is 0. The Morgan fingerprint density at radius 3 is 1.59 bits per heavy atom. The average molecular weight is 953 g/mol. The summed E-state index contributed by atoms with van der Waals surface area (Å²) in [7, 11) is 0. The van der Waals surface area contributed by atoms with Crippen molar-refractivity contribution in [1.29, 1.82) is 0 Å². The molecule has 0 aliphatic carbocycles. The molecule has 0 unspecified atom stereocenters. The number of likely N-dealkylation sites (tertiary alicyclic amines) is 2. The largest absolute Gasteiger partial charge is 0.385 e. The molecule has 5 aromatic carbocycles. The van der Waals surface area contributed by atoms with Gasteiger partial charge in [-0.25, -0.2) is 8.78 Å². The van der Waals surface area contributed by atoms with Gasteiger partial charge < -0.3 is 29.5 Å². The third-order valence-electron chi connectivity index (χ3n) is 14.5. The lowest BCUT2D eigenvalue weighted by molar-refractivity contribution is -0.114. The van der Waals surface area contributed by atoms with Gasteiger partial charge in [0.1, 0.15) is 11.6 Å². The maximum absolute atomic E-state index is 15.3. The molecule has 0 saturated carbocycles. The Bertz CT molecular complexity index is 2390. The summed E-state index contributed by atoms with van der Waals surface area (Å²) in [5.41, 5.74) is 9.21. The van der Waals surface area contributed by atoms with Crippen molar-refractivity contribution < 1.29 is 23.0 Å². The first-order valence-electron chi connectivity index (χ1n) is 25.9. The Morgan fingerprint density at radius 2 is 1.09 bits per heavy atom. The van der Waals surface area contributed by atoms with E-state index in [1.807, 2.05) is 65.6 Å². The zero-order chi connectivity index (χ0) is 48.5. The molecule has 4 aliphatic rings. The number of rotatable bonds is 16. The molecule has 0 radical (unpaired) electrons.